The average molecular weight is 397 g/mol. The molecule has 0 unspecified atom stereocenters. The van der Waals surface area contributed by atoms with Crippen LogP contribution in [0.25, 0.3) is 0 Å². The number of aryl methyl sites for hydroxylation is 1. The Bertz CT molecular complexity index is 870. The summed E-state index contributed by atoms with van der Waals surface area (Å²) in [6, 6.07) is 9.37. The van der Waals surface area contributed by atoms with Gasteiger partial charge in [-0.15, -0.1) is 0 Å². The molecule has 3 aliphatic rings. The van der Waals surface area contributed by atoms with Crippen LogP contribution in [0.2, 0.25) is 0 Å². The minimum Gasteiger partial charge on any atom is -0.376 e. The van der Waals surface area contributed by atoms with Crippen molar-refractivity contribution in [2.24, 2.45) is 0 Å². The number of rotatable bonds is 5. The van der Waals surface area contributed by atoms with Crippen LogP contribution in [-0.4, -0.2) is 38.8 Å². The Hall–Kier alpha value is -1.92. The minimum atomic E-state index is 0.0586. The second-order valence-electron chi connectivity index (χ2n) is 8.34. The van der Waals surface area contributed by atoms with Crippen molar-refractivity contribution in [1.29, 1.82) is 0 Å². The van der Waals surface area contributed by atoms with Crippen molar-refractivity contribution in [2.45, 2.75) is 63.8 Å². The van der Waals surface area contributed by atoms with Crippen LogP contribution in [0.4, 0.5) is 0 Å². The first-order chi connectivity index (χ1) is 13.6. The van der Waals surface area contributed by atoms with Crippen molar-refractivity contribution in [1.82, 2.24) is 19.8 Å². The maximum absolute atomic E-state index is 5.95. The highest BCUT2D eigenvalue weighted by Crippen LogP contribution is 2.44. The lowest BCUT2D eigenvalue weighted by atomic mass is 9.96. The molecule has 0 spiro atoms. The summed E-state index contributed by atoms with van der Waals surface area (Å²) < 4.78 is 8.47. The first-order valence-electron chi connectivity index (χ1n) is 10.4. The molecule has 1 saturated carbocycles. The molecule has 5 nitrogen and oxygen atoms in total. The minimum absolute atomic E-state index is 0.0586. The molecule has 3 atom stereocenters. The Morgan fingerprint density at radius 1 is 1.25 bits per heavy atom. The van der Waals surface area contributed by atoms with E-state index in [1.165, 1.54) is 29.8 Å². The molecule has 0 bridgehead atoms. The van der Waals surface area contributed by atoms with E-state index in [1.807, 2.05) is 12.3 Å². The Labute approximate surface area is 172 Å². The standard InChI is InChI=1S/C22H28N4OS/c1-14-12-18(15(2)26(14)16-8-9-16)21-20(19-7-3-4-10-23-19)24-22(28)25(21)13-17-6-5-11-27-17/h3-4,7,10,12,16-17,20-21H,5-6,8-9,11,13H2,1-2H3,(H,24,28)/t17-,20+,21-/m1/s1. The zero-order valence-electron chi connectivity index (χ0n) is 16.6. The molecule has 148 valence electrons. The third-order valence-electron chi connectivity index (χ3n) is 6.38. The summed E-state index contributed by atoms with van der Waals surface area (Å²) in [5, 5.41) is 4.39. The van der Waals surface area contributed by atoms with Crippen LogP contribution in [0.5, 0.6) is 0 Å². The monoisotopic (exact) mass is 396 g/mol. The highest BCUT2D eigenvalue weighted by atomic mass is 32.1. The molecule has 0 aromatic carbocycles. The molecule has 0 radical (unpaired) electrons. The van der Waals surface area contributed by atoms with Gasteiger partial charge in [0, 0.05) is 36.8 Å². The fourth-order valence-corrected chi connectivity index (χ4v) is 5.26. The molecule has 2 aromatic heterocycles. The number of aromatic nitrogens is 2. The van der Waals surface area contributed by atoms with E-state index >= 15 is 0 Å². The molecule has 3 fully saturated rings. The average Bonchev–Trinajstić information content (AvgIpc) is 3.16. The summed E-state index contributed by atoms with van der Waals surface area (Å²) in [6.45, 7) is 6.20. The number of thiocarbonyl (C=S) groups is 1. The highest BCUT2D eigenvalue weighted by Gasteiger charge is 2.43. The third-order valence-corrected chi connectivity index (χ3v) is 6.73. The van der Waals surface area contributed by atoms with E-state index < -0.39 is 0 Å². The van der Waals surface area contributed by atoms with Crippen LogP contribution >= 0.6 is 12.2 Å². The van der Waals surface area contributed by atoms with Gasteiger partial charge in [-0.25, -0.2) is 0 Å². The van der Waals surface area contributed by atoms with Crippen molar-refractivity contribution in [2.75, 3.05) is 13.2 Å². The van der Waals surface area contributed by atoms with Gasteiger partial charge in [0.1, 0.15) is 0 Å². The SMILES string of the molecule is Cc1cc([C@@H]2[C@H](c3ccccn3)NC(=S)N2C[C@H]2CCCO2)c(C)n1C1CC1. The molecular formula is C22H28N4OS. The van der Waals surface area contributed by atoms with E-state index in [4.69, 9.17) is 17.0 Å². The van der Waals surface area contributed by atoms with Crippen LogP contribution in [-0.2, 0) is 4.74 Å². The number of nitrogens with one attached hydrogen (secondary N) is 1. The number of pyridine rings is 1. The van der Waals surface area contributed by atoms with E-state index in [1.54, 1.807) is 0 Å². The molecule has 2 saturated heterocycles. The summed E-state index contributed by atoms with van der Waals surface area (Å²) in [5.41, 5.74) is 5.13. The summed E-state index contributed by atoms with van der Waals surface area (Å²) >= 11 is 5.80. The molecule has 2 aromatic rings. The lowest BCUT2D eigenvalue weighted by Crippen LogP contribution is -2.36. The zero-order chi connectivity index (χ0) is 19.3. The molecule has 4 heterocycles. The predicted octanol–water partition coefficient (Wildman–Crippen LogP) is 3.99. The van der Waals surface area contributed by atoms with Gasteiger partial charge in [0.05, 0.1) is 23.9 Å². The van der Waals surface area contributed by atoms with Crippen LogP contribution in [0, 0.1) is 13.8 Å². The normalized spacial score (nSPS) is 27.4. The first kappa shape index (κ1) is 18.1. The van der Waals surface area contributed by atoms with Gasteiger partial charge in [-0.05, 0) is 75.5 Å². The largest absolute Gasteiger partial charge is 0.376 e. The van der Waals surface area contributed by atoms with Gasteiger partial charge in [-0.1, -0.05) is 6.07 Å². The second kappa shape index (κ2) is 7.16. The van der Waals surface area contributed by atoms with Crippen LogP contribution in [0.3, 0.4) is 0 Å². The summed E-state index contributed by atoms with van der Waals surface area (Å²) in [6.07, 6.45) is 6.97. The molecule has 5 rings (SSSR count). The lowest BCUT2D eigenvalue weighted by molar-refractivity contribution is 0.0841. The Morgan fingerprint density at radius 3 is 2.79 bits per heavy atom. The molecule has 1 N–H and O–H groups in total. The lowest BCUT2D eigenvalue weighted by Gasteiger charge is -2.30. The van der Waals surface area contributed by atoms with Gasteiger partial charge in [0.25, 0.3) is 0 Å². The van der Waals surface area contributed by atoms with Crippen molar-refractivity contribution in [3.63, 3.8) is 0 Å². The Kier molecular flexibility index (Phi) is 4.63. The van der Waals surface area contributed by atoms with E-state index in [9.17, 15) is 0 Å². The summed E-state index contributed by atoms with van der Waals surface area (Å²) in [4.78, 5) is 7.01. The van der Waals surface area contributed by atoms with E-state index in [0.717, 1.165) is 36.8 Å². The second-order valence-corrected chi connectivity index (χ2v) is 8.73. The highest BCUT2D eigenvalue weighted by molar-refractivity contribution is 7.80. The number of nitrogens with zero attached hydrogens (tertiary/aromatic N) is 3. The molecule has 0 amide bonds. The van der Waals surface area contributed by atoms with Gasteiger partial charge in [0.15, 0.2) is 5.11 Å². The quantitative estimate of drug-likeness (QED) is 0.774. The third kappa shape index (κ3) is 3.12. The maximum Gasteiger partial charge on any atom is 0.170 e. The fraction of sp³-hybridized carbons (Fsp3) is 0.545. The zero-order valence-corrected chi connectivity index (χ0v) is 17.4. The molecule has 1 aliphatic carbocycles. The molecule has 2 aliphatic heterocycles. The van der Waals surface area contributed by atoms with Crippen molar-refractivity contribution >= 4 is 17.3 Å². The van der Waals surface area contributed by atoms with Gasteiger partial charge >= 0.3 is 0 Å². The van der Waals surface area contributed by atoms with Crippen LogP contribution in [0.1, 0.15) is 66.5 Å². The van der Waals surface area contributed by atoms with Gasteiger partial charge in [-0.3, -0.25) is 4.98 Å². The Balaban J connectivity index is 1.55. The topological polar surface area (TPSA) is 42.3 Å². The predicted molar refractivity (Wildman–Crippen MR) is 113 cm³/mol. The Morgan fingerprint density at radius 2 is 2.11 bits per heavy atom. The van der Waals surface area contributed by atoms with Gasteiger partial charge < -0.3 is 19.5 Å². The first-order valence-corrected chi connectivity index (χ1v) is 10.8. The van der Waals surface area contributed by atoms with Gasteiger partial charge in [0.2, 0.25) is 0 Å². The molecule has 28 heavy (non-hydrogen) atoms. The van der Waals surface area contributed by atoms with Crippen molar-refractivity contribution in [3.05, 3.63) is 53.1 Å². The number of ether oxygens (including phenoxy) is 1. The van der Waals surface area contributed by atoms with Crippen molar-refractivity contribution < 1.29 is 4.74 Å². The molecular weight excluding hydrogens is 368 g/mol. The maximum atomic E-state index is 5.95. The van der Waals surface area contributed by atoms with Crippen LogP contribution < -0.4 is 5.32 Å². The molecule has 6 heteroatoms. The van der Waals surface area contributed by atoms with E-state index in [2.05, 4.69) is 51.8 Å². The number of hydrogen-bond acceptors (Lipinski definition) is 3. The fourth-order valence-electron chi connectivity index (χ4n) is 4.95. The van der Waals surface area contributed by atoms with E-state index in [0.29, 0.717) is 6.04 Å². The van der Waals surface area contributed by atoms with Gasteiger partial charge in [-0.2, -0.15) is 0 Å². The van der Waals surface area contributed by atoms with E-state index in [-0.39, 0.29) is 18.2 Å². The van der Waals surface area contributed by atoms with Crippen molar-refractivity contribution in [3.8, 4) is 0 Å². The van der Waals surface area contributed by atoms with Crippen LogP contribution in [0.15, 0.2) is 30.5 Å². The smallest absolute Gasteiger partial charge is 0.170 e. The summed E-state index contributed by atoms with van der Waals surface area (Å²) in [7, 11) is 0. The summed E-state index contributed by atoms with van der Waals surface area (Å²) in [5.74, 6) is 0. The number of hydrogen-bond donors (Lipinski definition) is 1.